The molecule has 1 heteroatoms. The summed E-state index contributed by atoms with van der Waals surface area (Å²) in [5, 5.41) is 3.88. The molecular formula is C14H27N. The largest absolute Gasteiger partial charge is 0.311 e. The molecule has 0 saturated heterocycles. The van der Waals surface area contributed by atoms with Crippen LogP contribution in [0.4, 0.5) is 0 Å². The Hall–Kier alpha value is -0.0400. The molecule has 0 heterocycles. The van der Waals surface area contributed by atoms with E-state index in [1.54, 1.807) is 0 Å². The molecule has 2 saturated carbocycles. The zero-order valence-corrected chi connectivity index (χ0v) is 10.6. The van der Waals surface area contributed by atoms with Crippen LogP contribution in [0.2, 0.25) is 0 Å². The van der Waals surface area contributed by atoms with E-state index >= 15 is 0 Å². The van der Waals surface area contributed by atoms with Crippen molar-refractivity contribution in [1.82, 2.24) is 5.32 Å². The van der Waals surface area contributed by atoms with Crippen LogP contribution < -0.4 is 5.32 Å². The first-order chi connectivity index (χ1) is 7.20. The zero-order valence-electron chi connectivity index (χ0n) is 10.6. The van der Waals surface area contributed by atoms with Crippen molar-refractivity contribution in [1.29, 1.82) is 0 Å². The molecule has 0 aromatic carbocycles. The van der Waals surface area contributed by atoms with Gasteiger partial charge in [-0.25, -0.2) is 0 Å². The molecule has 88 valence electrons. The summed E-state index contributed by atoms with van der Waals surface area (Å²) in [6.07, 6.45) is 8.52. The summed E-state index contributed by atoms with van der Waals surface area (Å²) in [5.74, 6) is 2.90. The number of hydrogen-bond acceptors (Lipinski definition) is 1. The Bertz CT molecular complexity index is 202. The van der Waals surface area contributed by atoms with Gasteiger partial charge in [-0.15, -0.1) is 0 Å². The summed E-state index contributed by atoms with van der Waals surface area (Å²) < 4.78 is 0. The van der Waals surface area contributed by atoms with Gasteiger partial charge in [0.05, 0.1) is 0 Å². The molecule has 5 atom stereocenters. The smallest absolute Gasteiger partial charge is 0.0102 e. The Morgan fingerprint density at radius 1 is 1.07 bits per heavy atom. The number of nitrogens with one attached hydrogen (secondary N) is 1. The van der Waals surface area contributed by atoms with Gasteiger partial charge in [-0.2, -0.15) is 0 Å². The summed E-state index contributed by atoms with van der Waals surface area (Å²) in [7, 11) is 0. The van der Waals surface area contributed by atoms with Crippen molar-refractivity contribution in [3.63, 3.8) is 0 Å². The van der Waals surface area contributed by atoms with Gasteiger partial charge in [0.25, 0.3) is 0 Å². The van der Waals surface area contributed by atoms with E-state index in [1.165, 1.54) is 38.5 Å². The summed E-state index contributed by atoms with van der Waals surface area (Å²) in [4.78, 5) is 0. The van der Waals surface area contributed by atoms with E-state index in [0.717, 1.165) is 29.8 Å². The van der Waals surface area contributed by atoms with E-state index in [9.17, 15) is 0 Å². The third-order valence-electron chi connectivity index (χ3n) is 4.63. The van der Waals surface area contributed by atoms with Gasteiger partial charge in [0.2, 0.25) is 0 Å². The SMILES string of the molecule is CCCC1CC1NC1CCC(C)C(C)C1. The van der Waals surface area contributed by atoms with Crippen LogP contribution in [0.15, 0.2) is 0 Å². The molecule has 2 aliphatic carbocycles. The normalized spacial score (nSPS) is 45.4. The van der Waals surface area contributed by atoms with Crippen LogP contribution in [0.1, 0.15) is 59.3 Å². The van der Waals surface area contributed by atoms with Gasteiger partial charge in [0, 0.05) is 12.1 Å². The third kappa shape index (κ3) is 2.96. The van der Waals surface area contributed by atoms with E-state index in [2.05, 4.69) is 26.1 Å². The van der Waals surface area contributed by atoms with Crippen LogP contribution in [0.3, 0.4) is 0 Å². The van der Waals surface area contributed by atoms with Crippen molar-refractivity contribution in [3.05, 3.63) is 0 Å². The molecule has 0 aliphatic heterocycles. The molecule has 0 spiro atoms. The fourth-order valence-electron chi connectivity index (χ4n) is 3.14. The van der Waals surface area contributed by atoms with Crippen molar-refractivity contribution < 1.29 is 0 Å². The first kappa shape index (κ1) is 11.4. The summed E-state index contributed by atoms with van der Waals surface area (Å²) in [6, 6.07) is 1.72. The quantitative estimate of drug-likeness (QED) is 0.746. The topological polar surface area (TPSA) is 12.0 Å². The van der Waals surface area contributed by atoms with Gasteiger partial charge in [0.1, 0.15) is 0 Å². The van der Waals surface area contributed by atoms with Crippen molar-refractivity contribution in [2.75, 3.05) is 0 Å². The van der Waals surface area contributed by atoms with E-state index < -0.39 is 0 Å². The minimum absolute atomic E-state index is 0.836. The predicted octanol–water partition coefficient (Wildman–Crippen LogP) is 3.59. The molecule has 15 heavy (non-hydrogen) atoms. The standard InChI is InChI=1S/C14H27N/c1-4-5-12-9-14(12)15-13-7-6-10(2)11(3)8-13/h10-15H,4-9H2,1-3H3. The fourth-order valence-corrected chi connectivity index (χ4v) is 3.14. The Balaban J connectivity index is 1.68. The summed E-state index contributed by atoms with van der Waals surface area (Å²) in [6.45, 7) is 7.15. The Kier molecular flexibility index (Phi) is 3.71. The van der Waals surface area contributed by atoms with Crippen LogP contribution in [0.5, 0.6) is 0 Å². The molecule has 0 aromatic rings. The molecule has 0 aromatic heterocycles. The highest BCUT2D eigenvalue weighted by atomic mass is 15.0. The third-order valence-corrected chi connectivity index (χ3v) is 4.63. The number of hydrogen-bond donors (Lipinski definition) is 1. The maximum atomic E-state index is 3.88. The zero-order chi connectivity index (χ0) is 10.8. The average molecular weight is 209 g/mol. The first-order valence-electron chi connectivity index (χ1n) is 6.96. The van der Waals surface area contributed by atoms with Gasteiger partial charge in [-0.05, 0) is 49.9 Å². The van der Waals surface area contributed by atoms with Gasteiger partial charge in [-0.3, -0.25) is 0 Å². The highest BCUT2D eigenvalue weighted by molar-refractivity contribution is 4.95. The summed E-state index contributed by atoms with van der Waals surface area (Å²) in [5.41, 5.74) is 0. The van der Waals surface area contributed by atoms with Crippen LogP contribution >= 0.6 is 0 Å². The molecular weight excluding hydrogens is 182 g/mol. The molecule has 1 nitrogen and oxygen atoms in total. The van der Waals surface area contributed by atoms with Crippen LogP contribution in [-0.4, -0.2) is 12.1 Å². The van der Waals surface area contributed by atoms with E-state index in [0.29, 0.717) is 0 Å². The minimum Gasteiger partial charge on any atom is -0.311 e. The second-order valence-corrected chi connectivity index (χ2v) is 6.02. The molecule has 2 rings (SSSR count). The molecule has 0 radical (unpaired) electrons. The monoisotopic (exact) mass is 209 g/mol. The van der Waals surface area contributed by atoms with Crippen molar-refractivity contribution in [3.8, 4) is 0 Å². The van der Waals surface area contributed by atoms with Gasteiger partial charge in [0.15, 0.2) is 0 Å². The molecule has 5 unspecified atom stereocenters. The lowest BCUT2D eigenvalue weighted by Crippen LogP contribution is -2.38. The highest BCUT2D eigenvalue weighted by Gasteiger charge is 2.38. The van der Waals surface area contributed by atoms with Crippen molar-refractivity contribution in [2.45, 2.75) is 71.4 Å². The predicted molar refractivity (Wildman–Crippen MR) is 65.9 cm³/mol. The average Bonchev–Trinajstić information content (AvgIpc) is 2.91. The number of rotatable bonds is 4. The first-order valence-corrected chi connectivity index (χ1v) is 6.96. The molecule has 2 fully saturated rings. The lowest BCUT2D eigenvalue weighted by molar-refractivity contribution is 0.223. The van der Waals surface area contributed by atoms with E-state index in [1.807, 2.05) is 0 Å². The van der Waals surface area contributed by atoms with Gasteiger partial charge in [-0.1, -0.05) is 27.2 Å². The maximum Gasteiger partial charge on any atom is 0.0102 e. The Morgan fingerprint density at radius 2 is 1.87 bits per heavy atom. The van der Waals surface area contributed by atoms with Crippen LogP contribution in [0.25, 0.3) is 0 Å². The van der Waals surface area contributed by atoms with Crippen molar-refractivity contribution >= 4 is 0 Å². The second-order valence-electron chi connectivity index (χ2n) is 6.02. The van der Waals surface area contributed by atoms with Crippen LogP contribution in [-0.2, 0) is 0 Å². The van der Waals surface area contributed by atoms with Gasteiger partial charge >= 0.3 is 0 Å². The van der Waals surface area contributed by atoms with Crippen molar-refractivity contribution in [2.24, 2.45) is 17.8 Å². The van der Waals surface area contributed by atoms with E-state index in [4.69, 9.17) is 0 Å². The van der Waals surface area contributed by atoms with Gasteiger partial charge < -0.3 is 5.32 Å². The fraction of sp³-hybridized carbons (Fsp3) is 1.00. The maximum absolute atomic E-state index is 3.88. The summed E-state index contributed by atoms with van der Waals surface area (Å²) >= 11 is 0. The van der Waals surface area contributed by atoms with E-state index in [-0.39, 0.29) is 0 Å². The minimum atomic E-state index is 0.836. The molecule has 0 amide bonds. The lowest BCUT2D eigenvalue weighted by atomic mass is 9.79. The highest BCUT2D eigenvalue weighted by Crippen LogP contribution is 2.37. The Labute approximate surface area is 95.0 Å². The molecule has 0 bridgehead atoms. The second kappa shape index (κ2) is 4.86. The molecule has 1 N–H and O–H groups in total. The Morgan fingerprint density at radius 3 is 2.53 bits per heavy atom. The lowest BCUT2D eigenvalue weighted by Gasteiger charge is -2.32. The van der Waals surface area contributed by atoms with Crippen LogP contribution in [0, 0.1) is 17.8 Å². The molecule has 2 aliphatic rings.